The lowest BCUT2D eigenvalue weighted by Crippen LogP contribution is -2.14. The molecule has 0 atom stereocenters. The van der Waals surface area contributed by atoms with Crippen molar-refractivity contribution in [1.29, 1.82) is 0 Å². The molecule has 146 valence electrons. The molecule has 1 aromatic carbocycles. The largest absolute Gasteiger partial charge is 0.472 e. The number of hydrogen-bond acceptors (Lipinski definition) is 8. The average Bonchev–Trinajstić information content (AvgIpc) is 3.08. The molecule has 3 aromatic rings. The number of ether oxygens (including phenoxy) is 1. The second kappa shape index (κ2) is 7.90. The number of carbonyl (C=O) groups excluding carboxylic acids is 1. The first-order valence-electron chi connectivity index (χ1n) is 7.99. The molecule has 0 bridgehead atoms. The minimum Gasteiger partial charge on any atom is -0.472 e. The average molecular weight is 419 g/mol. The van der Waals surface area contributed by atoms with E-state index >= 15 is 0 Å². The van der Waals surface area contributed by atoms with E-state index in [1.54, 1.807) is 30.3 Å². The van der Waals surface area contributed by atoms with Crippen LogP contribution < -0.4 is 14.8 Å². The van der Waals surface area contributed by atoms with Gasteiger partial charge in [-0.05, 0) is 47.6 Å². The molecular formula is C17H17N5O4S2. The minimum absolute atomic E-state index is 0.307. The fraction of sp³-hybridized carbons (Fsp3) is 0.176. The van der Waals surface area contributed by atoms with Crippen LogP contribution >= 0.6 is 11.3 Å². The number of benzene rings is 1. The normalized spacial score (nSPS) is 11.1. The lowest BCUT2D eigenvalue weighted by atomic mass is 10.00. The molecule has 0 spiro atoms. The summed E-state index contributed by atoms with van der Waals surface area (Å²) in [7, 11) is -1.90. The molecule has 1 amide bonds. The molecule has 0 aliphatic rings. The zero-order chi connectivity index (χ0) is 20.3. The topological polar surface area (TPSA) is 123 Å². The maximum Gasteiger partial charge on any atom is 0.295 e. The van der Waals surface area contributed by atoms with Crippen LogP contribution in [0.5, 0.6) is 5.19 Å². The predicted octanol–water partition coefficient (Wildman–Crippen LogP) is 2.54. The highest BCUT2D eigenvalue weighted by Gasteiger charge is 2.16. The summed E-state index contributed by atoms with van der Waals surface area (Å²) in [5.41, 5.74) is 2.92. The van der Waals surface area contributed by atoms with Gasteiger partial charge in [0.1, 0.15) is 0 Å². The van der Waals surface area contributed by atoms with Gasteiger partial charge in [-0.2, -0.15) is 0 Å². The van der Waals surface area contributed by atoms with Crippen molar-refractivity contribution in [3.63, 3.8) is 0 Å². The van der Waals surface area contributed by atoms with E-state index in [-0.39, 0.29) is 5.91 Å². The summed E-state index contributed by atoms with van der Waals surface area (Å²) in [5.74, 6) is -0.389. The number of aryl methyl sites for hydroxylation is 1. The molecule has 0 radical (unpaired) electrons. The van der Waals surface area contributed by atoms with E-state index < -0.39 is 10.0 Å². The Bertz CT molecular complexity index is 1110. The Morgan fingerprint density at radius 2 is 1.89 bits per heavy atom. The van der Waals surface area contributed by atoms with E-state index in [4.69, 9.17) is 4.74 Å². The van der Waals surface area contributed by atoms with Crippen molar-refractivity contribution in [3.05, 3.63) is 47.8 Å². The summed E-state index contributed by atoms with van der Waals surface area (Å²) >= 11 is 1.11. The molecule has 2 aromatic heterocycles. The van der Waals surface area contributed by atoms with Crippen LogP contribution in [0.2, 0.25) is 0 Å². The number of anilines is 2. The first-order chi connectivity index (χ1) is 13.2. The van der Waals surface area contributed by atoms with Crippen molar-refractivity contribution >= 4 is 38.1 Å². The monoisotopic (exact) mass is 419 g/mol. The van der Waals surface area contributed by atoms with E-state index in [9.17, 15) is 13.2 Å². The SMILES string of the molecule is COc1nnc(NC(=O)c2cnc(C)cc2-c2ccc(NS(C)(=O)=O)cc2)s1. The lowest BCUT2D eigenvalue weighted by Gasteiger charge is -2.11. The van der Waals surface area contributed by atoms with Gasteiger partial charge in [-0.15, -0.1) is 5.10 Å². The molecule has 2 N–H and O–H groups in total. The highest BCUT2D eigenvalue weighted by molar-refractivity contribution is 7.92. The molecule has 9 nitrogen and oxygen atoms in total. The van der Waals surface area contributed by atoms with Crippen LogP contribution in [0.25, 0.3) is 11.1 Å². The van der Waals surface area contributed by atoms with E-state index in [1.165, 1.54) is 13.3 Å². The predicted molar refractivity (Wildman–Crippen MR) is 107 cm³/mol. The van der Waals surface area contributed by atoms with Crippen LogP contribution in [0, 0.1) is 6.92 Å². The third-order valence-electron chi connectivity index (χ3n) is 3.59. The second-order valence-electron chi connectivity index (χ2n) is 5.85. The molecule has 0 saturated carbocycles. The zero-order valence-corrected chi connectivity index (χ0v) is 16.9. The number of aromatic nitrogens is 3. The lowest BCUT2D eigenvalue weighted by molar-refractivity contribution is 0.102. The number of methoxy groups -OCH3 is 1. The van der Waals surface area contributed by atoms with E-state index in [0.717, 1.165) is 28.8 Å². The smallest absolute Gasteiger partial charge is 0.295 e. The van der Waals surface area contributed by atoms with Crippen LogP contribution in [-0.2, 0) is 10.0 Å². The second-order valence-corrected chi connectivity index (χ2v) is 8.54. The van der Waals surface area contributed by atoms with E-state index in [0.29, 0.717) is 27.1 Å². The van der Waals surface area contributed by atoms with Crippen molar-refractivity contribution < 1.29 is 17.9 Å². The molecule has 0 aliphatic heterocycles. The number of pyridine rings is 1. The van der Waals surface area contributed by atoms with Gasteiger partial charge in [-0.25, -0.2) is 8.42 Å². The first-order valence-corrected chi connectivity index (χ1v) is 10.7. The van der Waals surface area contributed by atoms with Gasteiger partial charge in [-0.1, -0.05) is 17.2 Å². The van der Waals surface area contributed by atoms with Gasteiger partial charge >= 0.3 is 0 Å². The van der Waals surface area contributed by atoms with Crippen molar-refractivity contribution in [2.24, 2.45) is 0 Å². The van der Waals surface area contributed by atoms with Gasteiger partial charge in [0, 0.05) is 17.6 Å². The molecule has 3 rings (SSSR count). The molecule has 28 heavy (non-hydrogen) atoms. The van der Waals surface area contributed by atoms with Crippen LogP contribution in [0.4, 0.5) is 10.8 Å². The number of rotatable bonds is 6. The van der Waals surface area contributed by atoms with Gasteiger partial charge in [-0.3, -0.25) is 19.8 Å². The summed E-state index contributed by atoms with van der Waals surface area (Å²) in [6.45, 7) is 1.82. The highest BCUT2D eigenvalue weighted by Crippen LogP contribution is 2.28. The number of carbonyl (C=O) groups is 1. The maximum absolute atomic E-state index is 12.7. The van der Waals surface area contributed by atoms with Gasteiger partial charge < -0.3 is 4.74 Å². The Hall–Kier alpha value is -3.05. The number of nitrogens with one attached hydrogen (secondary N) is 2. The van der Waals surface area contributed by atoms with Gasteiger partial charge in [0.2, 0.25) is 15.2 Å². The van der Waals surface area contributed by atoms with Crippen molar-refractivity contribution in [2.75, 3.05) is 23.4 Å². The van der Waals surface area contributed by atoms with Crippen molar-refractivity contribution in [2.45, 2.75) is 6.92 Å². The molecule has 0 unspecified atom stereocenters. The summed E-state index contributed by atoms with van der Waals surface area (Å²) in [6.07, 6.45) is 2.57. The molecule has 0 saturated heterocycles. The van der Waals surface area contributed by atoms with E-state index in [1.807, 2.05) is 6.92 Å². The van der Waals surface area contributed by atoms with Crippen LogP contribution in [0.15, 0.2) is 36.5 Å². The summed E-state index contributed by atoms with van der Waals surface area (Å²) in [6, 6.07) is 8.50. The standard InChI is InChI=1S/C17H17N5O4S2/c1-10-8-13(11-4-6-12(7-5-11)22-28(3,24)25)14(9-18-10)15(23)19-16-20-21-17(26-2)27-16/h4-9,22H,1-3H3,(H,19,20,23). The number of sulfonamides is 1. The Labute approximate surface area is 165 Å². The number of amides is 1. The molecule has 0 fully saturated rings. The summed E-state index contributed by atoms with van der Waals surface area (Å²) in [5, 5.41) is 10.9. The Balaban J connectivity index is 1.91. The van der Waals surface area contributed by atoms with Gasteiger partial charge in [0.15, 0.2) is 0 Å². The summed E-state index contributed by atoms with van der Waals surface area (Å²) < 4.78 is 30.1. The number of hydrogen-bond donors (Lipinski definition) is 2. The zero-order valence-electron chi connectivity index (χ0n) is 15.3. The van der Waals surface area contributed by atoms with Crippen LogP contribution in [0.1, 0.15) is 16.1 Å². The fourth-order valence-corrected chi connectivity index (χ4v) is 3.54. The van der Waals surface area contributed by atoms with E-state index in [2.05, 4.69) is 25.2 Å². The van der Waals surface area contributed by atoms with Crippen LogP contribution in [0.3, 0.4) is 0 Å². The van der Waals surface area contributed by atoms with Gasteiger partial charge in [0.25, 0.3) is 11.1 Å². The number of nitrogens with zero attached hydrogens (tertiary/aromatic N) is 3. The third-order valence-corrected chi connectivity index (χ3v) is 4.99. The molecule has 2 heterocycles. The van der Waals surface area contributed by atoms with Crippen LogP contribution in [-0.4, -0.2) is 42.9 Å². The Kier molecular flexibility index (Phi) is 5.56. The Morgan fingerprint density at radius 1 is 1.18 bits per heavy atom. The maximum atomic E-state index is 12.7. The van der Waals surface area contributed by atoms with Gasteiger partial charge in [0.05, 0.1) is 18.9 Å². The molecular weight excluding hydrogens is 402 g/mol. The first kappa shape index (κ1) is 19.7. The quantitative estimate of drug-likeness (QED) is 0.629. The Morgan fingerprint density at radius 3 is 2.50 bits per heavy atom. The fourth-order valence-electron chi connectivity index (χ4n) is 2.42. The van der Waals surface area contributed by atoms with Crippen molar-refractivity contribution in [3.8, 4) is 16.3 Å². The minimum atomic E-state index is -3.36. The third kappa shape index (κ3) is 4.81. The summed E-state index contributed by atoms with van der Waals surface area (Å²) in [4.78, 5) is 16.9. The highest BCUT2D eigenvalue weighted by atomic mass is 32.2. The molecule has 11 heteroatoms. The molecule has 0 aliphatic carbocycles. The van der Waals surface area contributed by atoms with Crippen molar-refractivity contribution in [1.82, 2.24) is 15.2 Å².